The number of alkyl halides is 3. The molecular formula is C20H23ClF3N3O3S. The van der Waals surface area contributed by atoms with Crippen LogP contribution in [0.25, 0.3) is 0 Å². The third-order valence-corrected chi connectivity index (χ3v) is 6.44. The van der Waals surface area contributed by atoms with Crippen LogP contribution in [0.2, 0.25) is 5.02 Å². The summed E-state index contributed by atoms with van der Waals surface area (Å²) in [6, 6.07) is 8.51. The van der Waals surface area contributed by atoms with Gasteiger partial charge in [-0.1, -0.05) is 29.3 Å². The molecule has 0 spiro atoms. The average molecular weight is 478 g/mol. The molecule has 0 aliphatic carbocycles. The molecule has 0 heterocycles. The molecule has 6 nitrogen and oxygen atoms in total. The maximum absolute atomic E-state index is 13.3. The fourth-order valence-corrected chi connectivity index (χ4v) is 4.28. The molecule has 0 saturated carbocycles. The number of nitrogens with one attached hydrogen (secondary N) is 1. The predicted octanol–water partition coefficient (Wildman–Crippen LogP) is 3.54. The Hall–Kier alpha value is -2.30. The van der Waals surface area contributed by atoms with Gasteiger partial charge in [-0.2, -0.15) is 13.2 Å². The molecule has 1 N–H and O–H groups in total. The zero-order chi connectivity index (χ0) is 23.4. The number of benzene rings is 2. The van der Waals surface area contributed by atoms with Crippen molar-refractivity contribution in [2.75, 3.05) is 38.0 Å². The van der Waals surface area contributed by atoms with Crippen molar-refractivity contribution in [2.24, 2.45) is 0 Å². The van der Waals surface area contributed by atoms with Crippen LogP contribution in [0, 0.1) is 6.92 Å². The van der Waals surface area contributed by atoms with Gasteiger partial charge in [0.2, 0.25) is 5.91 Å². The number of nitrogens with zero attached hydrogens (tertiary/aromatic N) is 2. The van der Waals surface area contributed by atoms with Crippen molar-refractivity contribution in [3.8, 4) is 0 Å². The lowest BCUT2D eigenvalue weighted by atomic mass is 10.2. The van der Waals surface area contributed by atoms with E-state index in [0.717, 1.165) is 17.7 Å². The second-order valence-electron chi connectivity index (χ2n) is 7.14. The van der Waals surface area contributed by atoms with Crippen LogP contribution < -0.4 is 9.62 Å². The number of anilines is 1. The molecule has 0 aliphatic heterocycles. The van der Waals surface area contributed by atoms with E-state index in [0.29, 0.717) is 16.9 Å². The summed E-state index contributed by atoms with van der Waals surface area (Å²) in [5, 5.41) is 2.00. The van der Waals surface area contributed by atoms with Crippen LogP contribution in [0.1, 0.15) is 11.1 Å². The molecule has 0 radical (unpaired) electrons. The molecule has 0 aliphatic rings. The summed E-state index contributed by atoms with van der Waals surface area (Å²) in [4.78, 5) is 14.1. The minimum Gasteiger partial charge on any atom is -0.353 e. The zero-order valence-corrected chi connectivity index (χ0v) is 18.8. The minimum atomic E-state index is -4.79. The minimum absolute atomic E-state index is 0.150. The van der Waals surface area contributed by atoms with Gasteiger partial charge in [0.25, 0.3) is 10.0 Å². The Morgan fingerprint density at radius 3 is 2.26 bits per heavy atom. The second-order valence-corrected chi connectivity index (χ2v) is 9.41. The first-order chi connectivity index (χ1) is 14.3. The summed E-state index contributed by atoms with van der Waals surface area (Å²) >= 11 is 5.67. The van der Waals surface area contributed by atoms with E-state index in [1.807, 2.05) is 4.90 Å². The smallest absolute Gasteiger partial charge is 0.353 e. The van der Waals surface area contributed by atoms with Gasteiger partial charge in [-0.25, -0.2) is 8.42 Å². The highest BCUT2D eigenvalue weighted by Gasteiger charge is 2.35. The lowest BCUT2D eigenvalue weighted by Crippen LogP contribution is -2.42. The number of carbonyl (C=O) groups is 1. The third kappa shape index (κ3) is 6.59. The topological polar surface area (TPSA) is 69.7 Å². The first-order valence-corrected chi connectivity index (χ1v) is 11.0. The lowest BCUT2D eigenvalue weighted by molar-refractivity contribution is -0.137. The number of amides is 1. The predicted molar refractivity (Wildman–Crippen MR) is 114 cm³/mol. The van der Waals surface area contributed by atoms with Crippen molar-refractivity contribution in [2.45, 2.75) is 18.0 Å². The highest BCUT2D eigenvalue weighted by molar-refractivity contribution is 7.92. The quantitative estimate of drug-likeness (QED) is 0.631. The molecule has 0 unspecified atom stereocenters. The van der Waals surface area contributed by atoms with Gasteiger partial charge in [-0.15, -0.1) is 0 Å². The van der Waals surface area contributed by atoms with E-state index in [-0.39, 0.29) is 17.1 Å². The van der Waals surface area contributed by atoms with Crippen molar-refractivity contribution in [3.05, 3.63) is 58.6 Å². The number of carbonyl (C=O) groups excluding carboxylic acids is 1. The molecule has 0 atom stereocenters. The van der Waals surface area contributed by atoms with Crippen molar-refractivity contribution in [1.29, 1.82) is 0 Å². The summed E-state index contributed by atoms with van der Waals surface area (Å²) in [6.07, 6.45) is -4.79. The van der Waals surface area contributed by atoms with Crippen molar-refractivity contribution >= 4 is 33.2 Å². The Kier molecular flexibility index (Phi) is 7.96. The standard InChI is InChI=1S/C20H23ClF3N3O3S/c1-14-4-7-16(8-5-14)31(29,30)27(13-19(28)25-10-11-26(2)3)15-6-9-18(21)17(12-15)20(22,23)24/h4-9,12H,10-11,13H2,1-3H3,(H,25,28). The summed E-state index contributed by atoms with van der Waals surface area (Å²) in [5.41, 5.74) is -0.707. The van der Waals surface area contributed by atoms with E-state index >= 15 is 0 Å². The van der Waals surface area contributed by atoms with Crippen LogP contribution in [-0.4, -0.2) is 53.0 Å². The molecule has 11 heteroatoms. The van der Waals surface area contributed by atoms with Gasteiger partial charge in [-0.05, 0) is 51.4 Å². The molecule has 0 bridgehead atoms. The van der Waals surface area contributed by atoms with Crippen molar-refractivity contribution in [3.63, 3.8) is 0 Å². The normalized spacial score (nSPS) is 12.1. The Morgan fingerprint density at radius 2 is 1.71 bits per heavy atom. The lowest BCUT2D eigenvalue weighted by Gasteiger charge is -2.25. The zero-order valence-electron chi connectivity index (χ0n) is 17.2. The molecule has 31 heavy (non-hydrogen) atoms. The van der Waals surface area contributed by atoms with Crippen LogP contribution >= 0.6 is 11.6 Å². The molecule has 0 saturated heterocycles. The van der Waals surface area contributed by atoms with Crippen molar-refractivity contribution < 1.29 is 26.4 Å². The summed E-state index contributed by atoms with van der Waals surface area (Å²) in [7, 11) is -0.734. The maximum atomic E-state index is 13.3. The van der Waals surface area contributed by atoms with E-state index in [1.165, 1.54) is 12.1 Å². The number of aryl methyl sites for hydroxylation is 1. The summed E-state index contributed by atoms with van der Waals surface area (Å²) < 4.78 is 67.1. The van der Waals surface area contributed by atoms with E-state index < -0.39 is 39.2 Å². The number of sulfonamides is 1. The maximum Gasteiger partial charge on any atom is 0.417 e. The fraction of sp³-hybridized carbons (Fsp3) is 0.350. The fourth-order valence-electron chi connectivity index (χ4n) is 2.64. The molecule has 2 rings (SSSR count). The highest BCUT2D eigenvalue weighted by atomic mass is 35.5. The number of likely N-dealkylation sites (N-methyl/N-ethyl adjacent to an activating group) is 1. The van der Waals surface area contributed by atoms with Crippen LogP contribution in [0.5, 0.6) is 0 Å². The SMILES string of the molecule is Cc1ccc(S(=O)(=O)N(CC(=O)NCCN(C)C)c2ccc(Cl)c(C(F)(F)F)c2)cc1. The summed E-state index contributed by atoms with van der Waals surface area (Å²) in [6.45, 7) is 1.83. The first-order valence-electron chi connectivity index (χ1n) is 9.20. The molecule has 2 aromatic rings. The molecule has 170 valence electrons. The molecule has 0 fully saturated rings. The van der Waals surface area contributed by atoms with Gasteiger partial charge in [0.15, 0.2) is 0 Å². The molecule has 2 aromatic carbocycles. The van der Waals surface area contributed by atoms with Gasteiger partial charge in [0.1, 0.15) is 6.54 Å². The van der Waals surface area contributed by atoms with Gasteiger partial charge >= 0.3 is 6.18 Å². The van der Waals surface area contributed by atoms with E-state index in [1.54, 1.807) is 33.2 Å². The Morgan fingerprint density at radius 1 is 1.10 bits per heavy atom. The van der Waals surface area contributed by atoms with Crippen LogP contribution in [0.4, 0.5) is 18.9 Å². The largest absolute Gasteiger partial charge is 0.417 e. The van der Waals surface area contributed by atoms with Gasteiger partial charge in [0, 0.05) is 13.1 Å². The second kappa shape index (κ2) is 9.88. The molecule has 1 amide bonds. The van der Waals surface area contributed by atoms with E-state index in [2.05, 4.69) is 5.32 Å². The molecular weight excluding hydrogens is 455 g/mol. The number of hydrogen-bond acceptors (Lipinski definition) is 4. The highest BCUT2D eigenvalue weighted by Crippen LogP contribution is 2.38. The van der Waals surface area contributed by atoms with Crippen LogP contribution in [-0.2, 0) is 21.0 Å². The number of hydrogen-bond donors (Lipinski definition) is 1. The summed E-state index contributed by atoms with van der Waals surface area (Å²) in [5.74, 6) is -0.652. The third-order valence-electron chi connectivity index (χ3n) is 4.32. The van der Waals surface area contributed by atoms with E-state index in [9.17, 15) is 26.4 Å². The van der Waals surface area contributed by atoms with E-state index in [4.69, 9.17) is 11.6 Å². The monoisotopic (exact) mass is 477 g/mol. The number of halogens is 4. The van der Waals surface area contributed by atoms with Gasteiger partial charge in [-0.3, -0.25) is 9.10 Å². The first kappa shape index (κ1) is 25.0. The van der Waals surface area contributed by atoms with Gasteiger partial charge < -0.3 is 10.2 Å². The Bertz CT molecular complexity index is 1030. The Balaban J connectivity index is 2.48. The average Bonchev–Trinajstić information content (AvgIpc) is 2.66. The Labute approximate surface area is 184 Å². The van der Waals surface area contributed by atoms with Crippen LogP contribution in [0.3, 0.4) is 0 Å². The van der Waals surface area contributed by atoms with Crippen molar-refractivity contribution in [1.82, 2.24) is 10.2 Å². The number of rotatable bonds is 8. The molecule has 0 aromatic heterocycles. The van der Waals surface area contributed by atoms with Crippen LogP contribution in [0.15, 0.2) is 47.4 Å². The van der Waals surface area contributed by atoms with Gasteiger partial charge in [0.05, 0.1) is 21.2 Å².